The molecule has 1 aromatic carbocycles. The minimum absolute atomic E-state index is 0.0357. The number of halogens is 2. The molecule has 0 aromatic heterocycles. The molecule has 0 bridgehead atoms. The molecule has 1 fully saturated rings. The van der Waals surface area contributed by atoms with Gasteiger partial charge in [0.1, 0.15) is 10.6 Å². The Labute approximate surface area is 134 Å². The standard InChI is InChI=1S/C13H9Cl2NO6/c1-13(2)21-11(17)7(12(18)22-13)5-6-8(14)3-4-9(10(6)15)16(19)20/h3-5H,1-2H3. The molecule has 9 heteroatoms. The van der Waals surface area contributed by atoms with Gasteiger partial charge in [-0.05, 0) is 12.1 Å². The van der Waals surface area contributed by atoms with Crippen LogP contribution in [0.25, 0.3) is 6.08 Å². The van der Waals surface area contributed by atoms with Crippen LogP contribution in [-0.2, 0) is 19.1 Å². The normalized spacial score (nSPS) is 16.8. The summed E-state index contributed by atoms with van der Waals surface area (Å²) in [5.41, 5.74) is -0.902. The molecular formula is C13H9Cl2NO6. The van der Waals surface area contributed by atoms with Crippen LogP contribution in [0, 0.1) is 10.1 Å². The molecule has 0 spiro atoms. The molecule has 0 saturated carbocycles. The quantitative estimate of drug-likeness (QED) is 0.268. The highest BCUT2D eigenvalue weighted by Gasteiger charge is 2.39. The van der Waals surface area contributed by atoms with Crippen LogP contribution in [0.3, 0.4) is 0 Å². The largest absolute Gasteiger partial charge is 0.419 e. The molecule has 0 unspecified atom stereocenters. The summed E-state index contributed by atoms with van der Waals surface area (Å²) in [6.45, 7) is 2.79. The van der Waals surface area contributed by atoms with Crippen molar-refractivity contribution in [1.82, 2.24) is 0 Å². The lowest BCUT2D eigenvalue weighted by atomic mass is 10.1. The van der Waals surface area contributed by atoms with Gasteiger partial charge in [0, 0.05) is 30.5 Å². The lowest BCUT2D eigenvalue weighted by Crippen LogP contribution is -2.41. The number of carbonyl (C=O) groups is 2. The first-order valence-electron chi connectivity index (χ1n) is 5.93. The molecule has 0 N–H and O–H groups in total. The van der Waals surface area contributed by atoms with E-state index in [-0.39, 0.29) is 15.6 Å². The molecule has 1 aliphatic rings. The van der Waals surface area contributed by atoms with Crippen molar-refractivity contribution >= 4 is 46.9 Å². The third-order valence-corrected chi connectivity index (χ3v) is 3.44. The van der Waals surface area contributed by atoms with Gasteiger partial charge < -0.3 is 9.47 Å². The van der Waals surface area contributed by atoms with Crippen LogP contribution in [0.1, 0.15) is 19.4 Å². The number of rotatable bonds is 2. The number of esters is 2. The van der Waals surface area contributed by atoms with Crippen LogP contribution in [0.15, 0.2) is 17.7 Å². The molecule has 1 heterocycles. The van der Waals surface area contributed by atoms with Gasteiger partial charge in [0.2, 0.25) is 0 Å². The van der Waals surface area contributed by atoms with Crippen molar-refractivity contribution in [2.45, 2.75) is 19.6 Å². The second kappa shape index (κ2) is 5.58. The lowest BCUT2D eigenvalue weighted by Gasteiger charge is -2.29. The summed E-state index contributed by atoms with van der Waals surface area (Å²) in [5, 5.41) is 10.6. The Morgan fingerprint density at radius 3 is 2.23 bits per heavy atom. The molecule has 116 valence electrons. The van der Waals surface area contributed by atoms with E-state index in [4.69, 9.17) is 32.7 Å². The smallest absolute Gasteiger partial charge is 0.348 e. The van der Waals surface area contributed by atoms with E-state index >= 15 is 0 Å². The number of nitrogens with zero attached hydrogens (tertiary/aromatic N) is 1. The first-order valence-corrected chi connectivity index (χ1v) is 6.69. The number of cyclic esters (lactones) is 2. The van der Waals surface area contributed by atoms with E-state index in [9.17, 15) is 19.7 Å². The number of hydrogen-bond acceptors (Lipinski definition) is 6. The fourth-order valence-corrected chi connectivity index (χ4v) is 2.30. The fraction of sp³-hybridized carbons (Fsp3) is 0.231. The van der Waals surface area contributed by atoms with Crippen molar-refractivity contribution in [2.24, 2.45) is 0 Å². The fourth-order valence-electron chi connectivity index (χ4n) is 1.75. The minimum atomic E-state index is -1.39. The monoisotopic (exact) mass is 345 g/mol. The van der Waals surface area contributed by atoms with E-state index < -0.39 is 33.9 Å². The Morgan fingerprint density at radius 1 is 1.18 bits per heavy atom. The maximum absolute atomic E-state index is 11.9. The second-order valence-corrected chi connectivity index (χ2v) is 5.57. The van der Waals surface area contributed by atoms with Gasteiger partial charge in [-0.1, -0.05) is 23.2 Å². The molecule has 1 aromatic rings. The Hall–Kier alpha value is -2.12. The topological polar surface area (TPSA) is 95.7 Å². The van der Waals surface area contributed by atoms with Gasteiger partial charge in [-0.3, -0.25) is 10.1 Å². The molecular weight excluding hydrogens is 337 g/mol. The van der Waals surface area contributed by atoms with Crippen molar-refractivity contribution in [3.8, 4) is 0 Å². The van der Waals surface area contributed by atoms with Gasteiger partial charge in [-0.2, -0.15) is 0 Å². The average Bonchev–Trinajstić information content (AvgIpc) is 2.35. The molecule has 0 aliphatic carbocycles. The summed E-state index contributed by atoms with van der Waals surface area (Å²) in [6, 6.07) is 2.36. The maximum Gasteiger partial charge on any atom is 0.348 e. The third-order valence-electron chi connectivity index (χ3n) is 2.71. The van der Waals surface area contributed by atoms with E-state index in [1.54, 1.807) is 0 Å². The maximum atomic E-state index is 11.9. The molecule has 2 rings (SSSR count). The predicted molar refractivity (Wildman–Crippen MR) is 77.4 cm³/mol. The van der Waals surface area contributed by atoms with E-state index in [0.717, 1.165) is 12.1 Å². The molecule has 0 atom stereocenters. The molecule has 0 amide bonds. The predicted octanol–water partition coefficient (Wildman–Crippen LogP) is 3.12. The number of carbonyl (C=O) groups excluding carboxylic acids is 2. The number of ether oxygens (including phenoxy) is 2. The van der Waals surface area contributed by atoms with Gasteiger partial charge >= 0.3 is 11.9 Å². The zero-order chi connectivity index (χ0) is 16.7. The summed E-state index contributed by atoms with van der Waals surface area (Å²) >= 11 is 11.8. The highest BCUT2D eigenvalue weighted by Crippen LogP contribution is 2.35. The van der Waals surface area contributed by atoms with E-state index in [0.29, 0.717) is 0 Å². The average molecular weight is 346 g/mol. The van der Waals surface area contributed by atoms with Crippen LogP contribution < -0.4 is 0 Å². The number of hydrogen-bond donors (Lipinski definition) is 0. The van der Waals surface area contributed by atoms with E-state index in [1.807, 2.05) is 0 Å². The zero-order valence-corrected chi connectivity index (χ0v) is 12.9. The van der Waals surface area contributed by atoms with Crippen LogP contribution in [0.2, 0.25) is 10.0 Å². The zero-order valence-electron chi connectivity index (χ0n) is 11.4. The molecule has 1 aliphatic heterocycles. The summed E-state index contributed by atoms with van der Waals surface area (Å²) in [6.07, 6.45) is 1.01. The van der Waals surface area contributed by atoms with Gasteiger partial charge in [0.15, 0.2) is 0 Å². The van der Waals surface area contributed by atoms with Crippen molar-refractivity contribution < 1.29 is 24.0 Å². The highest BCUT2D eigenvalue weighted by molar-refractivity contribution is 6.39. The van der Waals surface area contributed by atoms with E-state index in [2.05, 4.69) is 0 Å². The van der Waals surface area contributed by atoms with Crippen molar-refractivity contribution in [3.63, 3.8) is 0 Å². The van der Waals surface area contributed by atoms with Crippen LogP contribution in [-0.4, -0.2) is 22.6 Å². The van der Waals surface area contributed by atoms with Gasteiger partial charge in [0.25, 0.3) is 11.5 Å². The first-order chi connectivity index (χ1) is 10.1. The molecule has 1 saturated heterocycles. The number of benzene rings is 1. The molecule has 22 heavy (non-hydrogen) atoms. The van der Waals surface area contributed by atoms with Crippen LogP contribution in [0.4, 0.5) is 5.69 Å². The Balaban J connectivity index is 2.54. The van der Waals surface area contributed by atoms with Gasteiger partial charge in [0.05, 0.1) is 4.92 Å². The van der Waals surface area contributed by atoms with Crippen LogP contribution in [0.5, 0.6) is 0 Å². The van der Waals surface area contributed by atoms with Crippen molar-refractivity contribution in [2.75, 3.05) is 0 Å². The van der Waals surface area contributed by atoms with Gasteiger partial charge in [-0.15, -0.1) is 0 Å². The highest BCUT2D eigenvalue weighted by atomic mass is 35.5. The Morgan fingerprint density at radius 2 is 1.73 bits per heavy atom. The molecule has 0 radical (unpaired) electrons. The van der Waals surface area contributed by atoms with E-state index in [1.165, 1.54) is 19.9 Å². The second-order valence-electron chi connectivity index (χ2n) is 4.79. The SMILES string of the molecule is CC1(C)OC(=O)C(=Cc2c(Cl)ccc([N+](=O)[O-])c2Cl)C(=O)O1. The summed E-state index contributed by atoms with van der Waals surface area (Å²) < 4.78 is 9.83. The Kier molecular flexibility index (Phi) is 4.12. The lowest BCUT2D eigenvalue weighted by molar-refractivity contribution is -0.384. The van der Waals surface area contributed by atoms with Crippen molar-refractivity contribution in [3.05, 3.63) is 43.4 Å². The minimum Gasteiger partial charge on any atom is -0.419 e. The van der Waals surface area contributed by atoms with Gasteiger partial charge in [-0.25, -0.2) is 9.59 Å². The number of nitro groups is 1. The molecule has 7 nitrogen and oxygen atoms in total. The van der Waals surface area contributed by atoms with Crippen molar-refractivity contribution in [1.29, 1.82) is 0 Å². The number of nitro benzene ring substituents is 1. The van der Waals surface area contributed by atoms with Crippen LogP contribution >= 0.6 is 23.2 Å². The Bertz CT molecular complexity index is 703. The first kappa shape index (κ1) is 16.3. The summed E-state index contributed by atoms with van der Waals surface area (Å²) in [4.78, 5) is 33.9. The third kappa shape index (κ3) is 3.05. The summed E-state index contributed by atoms with van der Waals surface area (Å²) in [7, 11) is 0. The summed E-state index contributed by atoms with van der Waals surface area (Å²) in [5.74, 6) is -3.25.